The first-order chi connectivity index (χ1) is 12.5. The predicted molar refractivity (Wildman–Crippen MR) is 93.1 cm³/mol. The zero-order valence-electron chi connectivity index (χ0n) is 14.4. The van der Waals surface area contributed by atoms with Gasteiger partial charge in [0, 0.05) is 12.1 Å². The number of rotatable bonds is 7. The van der Waals surface area contributed by atoms with E-state index in [0.717, 1.165) is 12.8 Å². The van der Waals surface area contributed by atoms with E-state index in [4.69, 9.17) is 14.0 Å². The van der Waals surface area contributed by atoms with Crippen LogP contribution < -0.4 is 5.30 Å². The van der Waals surface area contributed by atoms with Gasteiger partial charge < -0.3 is 9.47 Å². The van der Waals surface area contributed by atoms with Gasteiger partial charge >= 0.3 is 13.9 Å². The molecule has 1 aromatic rings. The number of nitrogens with zero attached hydrogens (tertiary/aromatic N) is 1. The molecule has 2 bridgehead atoms. The minimum atomic E-state index is -3.83. The van der Waals surface area contributed by atoms with Crippen molar-refractivity contribution in [2.24, 2.45) is 5.92 Å². The average molecular weight is 384 g/mol. The zero-order valence-corrected chi connectivity index (χ0v) is 15.3. The molecule has 26 heavy (non-hydrogen) atoms. The number of esters is 1. The maximum absolute atomic E-state index is 12.4. The van der Waals surface area contributed by atoms with E-state index in [1.165, 1.54) is 7.11 Å². The molecule has 0 spiro atoms. The van der Waals surface area contributed by atoms with Gasteiger partial charge in [0.05, 0.1) is 7.11 Å². The van der Waals surface area contributed by atoms with Crippen LogP contribution in [0.5, 0.6) is 0 Å². The summed E-state index contributed by atoms with van der Waals surface area (Å²) < 4.78 is 15.5. The molecule has 2 N–H and O–H groups in total. The second-order valence-electron chi connectivity index (χ2n) is 6.51. The standard InChI is InChI=1S/C17H23NO7P/c1-23-17(20)16-14-8-7-12(18(14)10-24-11-19)9-15(16)25-26(21,22)13-5-3-2-4-6-13/h2-6,11-12,14-16,21-22H,7-10H2,1H3/q+1/t12?,14?,15?,16-/m1/s1. The molecule has 2 aliphatic heterocycles. The number of fused-ring (bicyclic) bond motifs is 2. The smallest absolute Gasteiger partial charge is 0.443 e. The number of carbonyl (C=O) groups excluding carboxylic acids is 2. The molecule has 0 saturated carbocycles. The lowest BCUT2D eigenvalue weighted by molar-refractivity contribution is -0.159. The zero-order chi connectivity index (χ0) is 18.7. The third-order valence-corrected chi connectivity index (χ3v) is 6.69. The molecule has 0 aromatic heterocycles. The largest absolute Gasteiger partial charge is 0.469 e. The number of methoxy groups -OCH3 is 1. The molecular formula is C17H23NO7P+. The van der Waals surface area contributed by atoms with Crippen molar-refractivity contribution in [1.29, 1.82) is 0 Å². The van der Waals surface area contributed by atoms with E-state index < -0.39 is 25.9 Å². The fraction of sp³-hybridized carbons (Fsp3) is 0.529. The van der Waals surface area contributed by atoms with Crippen LogP contribution in [0.25, 0.3) is 0 Å². The van der Waals surface area contributed by atoms with Gasteiger partial charge in [-0.05, 0) is 31.4 Å². The molecule has 0 aliphatic carbocycles. The lowest BCUT2D eigenvalue weighted by Crippen LogP contribution is -2.55. The Bertz CT molecular complexity index is 641. The number of piperidine rings is 1. The first-order valence-electron chi connectivity index (χ1n) is 8.45. The fourth-order valence-electron chi connectivity index (χ4n) is 4.01. The molecular weight excluding hydrogens is 361 g/mol. The van der Waals surface area contributed by atoms with Crippen LogP contribution in [0, 0.1) is 5.92 Å². The van der Waals surface area contributed by atoms with E-state index in [9.17, 15) is 19.4 Å². The molecule has 8 nitrogen and oxygen atoms in total. The van der Waals surface area contributed by atoms with Crippen molar-refractivity contribution in [2.75, 3.05) is 13.8 Å². The lowest BCUT2D eigenvalue weighted by atomic mass is 9.88. The van der Waals surface area contributed by atoms with Gasteiger partial charge in [0.25, 0.3) is 6.47 Å². The van der Waals surface area contributed by atoms with Crippen LogP contribution in [0.1, 0.15) is 19.3 Å². The van der Waals surface area contributed by atoms with Crippen molar-refractivity contribution < 1.29 is 33.4 Å². The van der Waals surface area contributed by atoms with E-state index in [2.05, 4.69) is 0 Å². The van der Waals surface area contributed by atoms with Gasteiger partial charge in [0.15, 0.2) is 5.30 Å². The first-order valence-corrected chi connectivity index (χ1v) is 10.1. The summed E-state index contributed by atoms with van der Waals surface area (Å²) in [6.45, 7) is 0.471. The minimum Gasteiger partial charge on any atom is -0.469 e. The van der Waals surface area contributed by atoms with Gasteiger partial charge in [-0.1, -0.05) is 18.2 Å². The van der Waals surface area contributed by atoms with E-state index in [1.807, 2.05) is 4.90 Å². The van der Waals surface area contributed by atoms with Crippen molar-refractivity contribution in [3.05, 3.63) is 30.3 Å². The summed E-state index contributed by atoms with van der Waals surface area (Å²) in [4.78, 5) is 45.9. The summed E-state index contributed by atoms with van der Waals surface area (Å²) in [6.07, 6.45) is 1.28. The quantitative estimate of drug-likeness (QED) is 0.400. The summed E-state index contributed by atoms with van der Waals surface area (Å²) in [5, 5.41) is 0.294. The van der Waals surface area contributed by atoms with E-state index in [-0.39, 0.29) is 18.8 Å². The molecule has 9 heteroatoms. The Morgan fingerprint density at radius 2 is 2.04 bits per heavy atom. The highest BCUT2D eigenvalue weighted by molar-refractivity contribution is 7.67. The number of ether oxygens (including phenoxy) is 2. The molecule has 2 saturated heterocycles. The summed E-state index contributed by atoms with van der Waals surface area (Å²) in [5.41, 5.74) is 0. The SMILES string of the molecule is COC(=O)[C@H]1C(O[P+](O)(O)c2ccccc2)CC2CCC1N2COC=O. The summed E-state index contributed by atoms with van der Waals surface area (Å²) in [6, 6.07) is 8.14. The van der Waals surface area contributed by atoms with Crippen LogP contribution in [-0.2, 0) is 23.6 Å². The van der Waals surface area contributed by atoms with Gasteiger partial charge in [-0.15, -0.1) is 0 Å². The van der Waals surface area contributed by atoms with Crippen molar-refractivity contribution in [3.8, 4) is 0 Å². The topological polar surface area (TPSA) is 106 Å². The highest BCUT2D eigenvalue weighted by Crippen LogP contribution is 2.54. The predicted octanol–water partition coefficient (Wildman–Crippen LogP) is 0.601. The number of hydrogen-bond acceptors (Lipinski definition) is 8. The Hall–Kier alpha value is -1.57. The van der Waals surface area contributed by atoms with Gasteiger partial charge in [-0.2, -0.15) is 14.3 Å². The van der Waals surface area contributed by atoms with Gasteiger partial charge in [0.2, 0.25) is 0 Å². The molecule has 2 aliphatic rings. The third-order valence-electron chi connectivity index (χ3n) is 5.15. The molecule has 1 aromatic carbocycles. The van der Waals surface area contributed by atoms with Crippen molar-refractivity contribution >= 4 is 25.7 Å². The second-order valence-corrected chi connectivity index (χ2v) is 8.33. The van der Waals surface area contributed by atoms with E-state index >= 15 is 0 Å². The summed E-state index contributed by atoms with van der Waals surface area (Å²) >= 11 is 0. The maximum atomic E-state index is 12.4. The number of hydrogen-bond donors (Lipinski definition) is 2. The molecule has 4 atom stereocenters. The van der Waals surface area contributed by atoms with Crippen molar-refractivity contribution in [1.82, 2.24) is 4.90 Å². The molecule has 2 fully saturated rings. The van der Waals surface area contributed by atoms with E-state index in [0.29, 0.717) is 18.2 Å². The number of carbonyl (C=O) groups is 2. The second kappa shape index (κ2) is 7.98. The molecule has 3 unspecified atom stereocenters. The highest BCUT2D eigenvalue weighted by atomic mass is 31.2. The van der Waals surface area contributed by atoms with Crippen molar-refractivity contribution in [2.45, 2.75) is 37.5 Å². The lowest BCUT2D eigenvalue weighted by Gasteiger charge is -2.41. The summed E-state index contributed by atoms with van der Waals surface area (Å²) in [5.74, 6) is -1.15. The Balaban J connectivity index is 1.82. The summed E-state index contributed by atoms with van der Waals surface area (Å²) in [7, 11) is -2.53. The molecule has 2 heterocycles. The Morgan fingerprint density at radius 1 is 1.31 bits per heavy atom. The van der Waals surface area contributed by atoms with Crippen LogP contribution in [-0.4, -0.2) is 59.2 Å². The third kappa shape index (κ3) is 3.75. The van der Waals surface area contributed by atoms with Crippen molar-refractivity contribution in [3.63, 3.8) is 0 Å². The maximum Gasteiger partial charge on any atom is 0.443 e. The molecule has 0 amide bonds. The van der Waals surface area contributed by atoms with Crippen LogP contribution in [0.2, 0.25) is 0 Å². The fourth-order valence-corrected chi connectivity index (χ4v) is 5.29. The van der Waals surface area contributed by atoms with E-state index in [1.54, 1.807) is 30.3 Å². The monoisotopic (exact) mass is 384 g/mol. The van der Waals surface area contributed by atoms with Crippen LogP contribution in [0.4, 0.5) is 0 Å². The van der Waals surface area contributed by atoms with Crippen LogP contribution >= 0.6 is 7.94 Å². The molecule has 0 radical (unpaired) electrons. The van der Waals surface area contributed by atoms with Crippen LogP contribution in [0.15, 0.2) is 30.3 Å². The molecule has 3 rings (SSSR count). The first kappa shape index (κ1) is 19.2. The average Bonchev–Trinajstić information content (AvgIpc) is 2.92. The molecule has 142 valence electrons. The number of benzene rings is 1. The minimum absolute atomic E-state index is 0.0432. The normalized spacial score (nSPS) is 28.6. The highest BCUT2D eigenvalue weighted by Gasteiger charge is 2.56. The van der Waals surface area contributed by atoms with Gasteiger partial charge in [0.1, 0.15) is 18.8 Å². The Morgan fingerprint density at radius 3 is 2.69 bits per heavy atom. The van der Waals surface area contributed by atoms with Gasteiger partial charge in [-0.3, -0.25) is 14.5 Å². The van der Waals surface area contributed by atoms with Gasteiger partial charge in [-0.25, -0.2) is 0 Å². The van der Waals surface area contributed by atoms with Crippen LogP contribution in [0.3, 0.4) is 0 Å². The Kier molecular flexibility index (Phi) is 5.89. The Labute approximate surface area is 152 Å².